The number of rotatable bonds is 6. The summed E-state index contributed by atoms with van der Waals surface area (Å²) < 4.78 is 1.95. The predicted molar refractivity (Wildman–Crippen MR) is 135 cm³/mol. The molecular weight excluding hydrogens is 454 g/mol. The zero-order valence-electron chi connectivity index (χ0n) is 19.5. The molecule has 5 heterocycles. The lowest BCUT2D eigenvalue weighted by molar-refractivity contribution is -0.128. The largest absolute Gasteiger partial charge is 0.382 e. The fourth-order valence-electron chi connectivity index (χ4n) is 5.38. The van der Waals surface area contributed by atoms with Gasteiger partial charge in [0.25, 0.3) is 0 Å². The first kappa shape index (κ1) is 22.1. The van der Waals surface area contributed by atoms with Crippen LogP contribution in [0.2, 0.25) is 0 Å². The van der Waals surface area contributed by atoms with Gasteiger partial charge in [-0.15, -0.1) is 0 Å². The maximum Gasteiger partial charge on any atom is 0.246 e. The van der Waals surface area contributed by atoms with Gasteiger partial charge >= 0.3 is 0 Å². The number of fused-ring (bicyclic) bond motifs is 3. The van der Waals surface area contributed by atoms with Crippen molar-refractivity contribution in [3.05, 3.63) is 90.8 Å². The number of aromatic nitrogens is 4. The molecule has 2 saturated heterocycles. The van der Waals surface area contributed by atoms with Crippen molar-refractivity contribution in [1.82, 2.24) is 29.6 Å². The predicted octanol–water partition coefficient (Wildman–Crippen LogP) is 2.60. The molecule has 180 valence electrons. The van der Waals surface area contributed by atoms with Crippen LogP contribution < -0.4 is 11.1 Å². The van der Waals surface area contributed by atoms with E-state index in [9.17, 15) is 9.59 Å². The van der Waals surface area contributed by atoms with Gasteiger partial charge in [0.2, 0.25) is 5.91 Å². The number of hydrogen-bond donors (Lipinski definition) is 2. The van der Waals surface area contributed by atoms with Crippen molar-refractivity contribution in [2.75, 3.05) is 12.3 Å². The Balaban J connectivity index is 1.35. The Morgan fingerprint density at radius 2 is 1.97 bits per heavy atom. The molecule has 2 bridgehead atoms. The SMILES string of the molecule is C=CC(=O)N1CC2C[C@H]1C(c1nc(-c3ccc(C(=O)Cc4ccccn4)cc3)c3c(N)nccn13)N2. The van der Waals surface area contributed by atoms with Crippen LogP contribution in [0.1, 0.15) is 34.3 Å². The van der Waals surface area contributed by atoms with Crippen molar-refractivity contribution in [3.8, 4) is 11.3 Å². The van der Waals surface area contributed by atoms with Gasteiger partial charge in [0.15, 0.2) is 5.78 Å². The monoisotopic (exact) mass is 479 g/mol. The fourth-order valence-corrected chi connectivity index (χ4v) is 5.38. The highest BCUT2D eigenvalue weighted by Crippen LogP contribution is 2.39. The normalized spacial score (nSPS) is 20.7. The molecule has 6 rings (SSSR count). The van der Waals surface area contributed by atoms with Crippen LogP contribution >= 0.6 is 0 Å². The van der Waals surface area contributed by atoms with Crippen molar-refractivity contribution in [3.63, 3.8) is 0 Å². The quantitative estimate of drug-likeness (QED) is 0.322. The van der Waals surface area contributed by atoms with Crippen molar-refractivity contribution >= 4 is 23.0 Å². The molecule has 0 saturated carbocycles. The molecule has 1 amide bonds. The molecule has 0 aliphatic carbocycles. The Morgan fingerprint density at radius 1 is 1.14 bits per heavy atom. The highest BCUT2D eigenvalue weighted by molar-refractivity contribution is 5.98. The molecule has 3 aromatic heterocycles. The number of piperazine rings is 1. The van der Waals surface area contributed by atoms with E-state index in [0.29, 0.717) is 29.1 Å². The number of nitrogens with one attached hydrogen (secondary N) is 1. The Bertz CT molecular complexity index is 1480. The molecule has 9 nitrogen and oxygen atoms in total. The molecule has 36 heavy (non-hydrogen) atoms. The lowest BCUT2D eigenvalue weighted by atomic mass is 10.0. The Labute approximate surface area is 207 Å². The summed E-state index contributed by atoms with van der Waals surface area (Å²) in [5, 5.41) is 3.62. The van der Waals surface area contributed by atoms with Gasteiger partial charge in [0.05, 0.1) is 18.5 Å². The minimum atomic E-state index is -0.144. The summed E-state index contributed by atoms with van der Waals surface area (Å²) in [4.78, 5) is 40.6. The number of anilines is 1. The Hall–Kier alpha value is -4.37. The summed E-state index contributed by atoms with van der Waals surface area (Å²) in [5.41, 5.74) is 9.86. The molecule has 0 radical (unpaired) electrons. The van der Waals surface area contributed by atoms with E-state index < -0.39 is 0 Å². The third-order valence-electron chi connectivity index (χ3n) is 7.04. The number of nitrogens with two attached hydrogens (primary N) is 1. The van der Waals surface area contributed by atoms with Crippen molar-refractivity contribution in [2.24, 2.45) is 0 Å². The first-order chi connectivity index (χ1) is 17.5. The van der Waals surface area contributed by atoms with Crippen LogP contribution in [0.4, 0.5) is 5.82 Å². The topological polar surface area (TPSA) is 119 Å². The second-order valence-corrected chi connectivity index (χ2v) is 9.19. The number of nitrogens with zero attached hydrogens (tertiary/aromatic N) is 5. The third-order valence-corrected chi connectivity index (χ3v) is 7.04. The molecule has 2 aliphatic heterocycles. The molecule has 2 aliphatic rings. The number of hydrogen-bond acceptors (Lipinski definition) is 7. The lowest BCUT2D eigenvalue weighted by Gasteiger charge is -2.32. The van der Waals surface area contributed by atoms with Crippen LogP contribution in [0.15, 0.2) is 73.7 Å². The van der Waals surface area contributed by atoms with Gasteiger partial charge in [-0.05, 0) is 24.6 Å². The number of likely N-dealkylation sites (tertiary alicyclic amines) is 1. The summed E-state index contributed by atoms with van der Waals surface area (Å²) >= 11 is 0. The summed E-state index contributed by atoms with van der Waals surface area (Å²) in [5.74, 6) is 1.07. The zero-order chi connectivity index (χ0) is 24.8. The molecule has 2 fully saturated rings. The van der Waals surface area contributed by atoms with Gasteiger partial charge in [0, 0.05) is 48.0 Å². The van der Waals surface area contributed by atoms with Crippen molar-refractivity contribution < 1.29 is 9.59 Å². The van der Waals surface area contributed by atoms with Crippen LogP contribution in [0, 0.1) is 0 Å². The molecular formula is C27H25N7O2. The van der Waals surface area contributed by atoms with Crippen LogP contribution in [0.3, 0.4) is 0 Å². The number of imidazole rings is 1. The number of ketones is 1. The van der Waals surface area contributed by atoms with Gasteiger partial charge < -0.3 is 16.0 Å². The highest BCUT2D eigenvalue weighted by Gasteiger charge is 2.48. The van der Waals surface area contributed by atoms with Crippen molar-refractivity contribution in [1.29, 1.82) is 0 Å². The van der Waals surface area contributed by atoms with E-state index in [2.05, 4.69) is 21.9 Å². The van der Waals surface area contributed by atoms with Crippen LogP contribution in [0.25, 0.3) is 16.8 Å². The molecule has 2 unspecified atom stereocenters. The number of carbonyl (C=O) groups is 2. The van der Waals surface area contributed by atoms with E-state index >= 15 is 0 Å². The number of benzene rings is 1. The molecule has 1 aromatic carbocycles. The summed E-state index contributed by atoms with van der Waals surface area (Å²) in [6.07, 6.45) is 7.65. The second kappa shape index (κ2) is 8.69. The average Bonchev–Trinajstić information content (AvgIpc) is 3.62. The average molecular weight is 480 g/mol. The molecule has 9 heteroatoms. The Kier molecular flexibility index (Phi) is 5.34. The van der Waals surface area contributed by atoms with E-state index in [4.69, 9.17) is 10.7 Å². The minimum Gasteiger partial charge on any atom is -0.382 e. The summed E-state index contributed by atoms with van der Waals surface area (Å²) in [7, 11) is 0. The number of amides is 1. The molecule has 3 atom stereocenters. The Morgan fingerprint density at radius 3 is 2.69 bits per heavy atom. The first-order valence-electron chi connectivity index (χ1n) is 11.9. The number of carbonyl (C=O) groups excluding carboxylic acids is 2. The third kappa shape index (κ3) is 3.64. The van der Waals surface area contributed by atoms with Crippen LogP contribution in [-0.2, 0) is 11.2 Å². The van der Waals surface area contributed by atoms with E-state index in [1.54, 1.807) is 24.5 Å². The van der Waals surface area contributed by atoms with Gasteiger partial charge in [-0.1, -0.05) is 36.9 Å². The summed E-state index contributed by atoms with van der Waals surface area (Å²) in [6, 6.07) is 13.0. The number of nitrogen functional groups attached to an aromatic ring is 1. The highest BCUT2D eigenvalue weighted by atomic mass is 16.2. The van der Waals surface area contributed by atoms with E-state index in [1.165, 1.54) is 6.08 Å². The second-order valence-electron chi connectivity index (χ2n) is 9.19. The van der Waals surface area contributed by atoms with E-state index in [0.717, 1.165) is 23.5 Å². The molecule has 3 N–H and O–H groups in total. The first-order valence-corrected chi connectivity index (χ1v) is 11.9. The standard InChI is InChI=1S/C27H25N7O2/c1-2-22(36)34-15-19-13-20(34)24(31-19)27-32-23(25-26(28)30-11-12-33(25)27)17-8-6-16(7-9-17)21(35)14-18-5-3-4-10-29-18/h2-12,19-20,24,31H,1,13-15H2,(H2,28,30)/t19?,20-,24?/m0/s1. The molecule has 0 spiro atoms. The smallest absolute Gasteiger partial charge is 0.246 e. The van der Waals surface area contributed by atoms with E-state index in [1.807, 2.05) is 45.8 Å². The van der Waals surface area contributed by atoms with Gasteiger partial charge in [-0.3, -0.25) is 19.0 Å². The maximum absolute atomic E-state index is 12.8. The maximum atomic E-state index is 12.8. The number of pyridine rings is 1. The van der Waals surface area contributed by atoms with Crippen molar-refractivity contribution in [2.45, 2.75) is 31.0 Å². The van der Waals surface area contributed by atoms with Gasteiger partial charge in [0.1, 0.15) is 22.9 Å². The summed E-state index contributed by atoms with van der Waals surface area (Å²) in [6.45, 7) is 4.32. The van der Waals surface area contributed by atoms with Gasteiger partial charge in [-0.2, -0.15) is 0 Å². The van der Waals surface area contributed by atoms with Gasteiger partial charge in [-0.25, -0.2) is 9.97 Å². The molecule has 4 aromatic rings. The van der Waals surface area contributed by atoms with E-state index in [-0.39, 0.29) is 36.2 Å². The minimum absolute atomic E-state index is 0.00465. The van der Waals surface area contributed by atoms with Crippen LogP contribution in [0.5, 0.6) is 0 Å². The lowest BCUT2D eigenvalue weighted by Crippen LogP contribution is -2.48. The van der Waals surface area contributed by atoms with Crippen LogP contribution in [-0.4, -0.2) is 54.6 Å². The zero-order valence-corrected chi connectivity index (χ0v) is 19.5. The number of Topliss-reactive ketones (excluding diaryl/α,β-unsaturated/α-hetero) is 1. The fraction of sp³-hybridized carbons (Fsp3) is 0.222.